The average Bonchev–Trinajstić information content (AvgIpc) is 3.02. The first-order valence-electron chi connectivity index (χ1n) is 8.92. The lowest BCUT2D eigenvalue weighted by atomic mass is 10.0. The van der Waals surface area contributed by atoms with Crippen molar-refractivity contribution < 1.29 is 4.79 Å². The van der Waals surface area contributed by atoms with Crippen LogP contribution < -0.4 is 10.6 Å². The molecule has 1 aliphatic rings. The Bertz CT molecular complexity index is 684. The molecule has 1 aliphatic heterocycles. The minimum atomic E-state index is -0.108. The van der Waals surface area contributed by atoms with Gasteiger partial charge in [0, 0.05) is 37.9 Å². The van der Waals surface area contributed by atoms with Gasteiger partial charge in [0.1, 0.15) is 0 Å². The molecule has 0 saturated carbocycles. The maximum atomic E-state index is 12.3. The number of piperidine rings is 1. The van der Waals surface area contributed by atoms with Crippen molar-refractivity contribution in [3.63, 3.8) is 0 Å². The third-order valence-electron chi connectivity index (χ3n) is 4.66. The monoisotopic (exact) mass is 341 g/mol. The van der Waals surface area contributed by atoms with Gasteiger partial charge in [0.15, 0.2) is 0 Å². The Kier molecular flexibility index (Phi) is 5.71. The average molecular weight is 341 g/mol. The summed E-state index contributed by atoms with van der Waals surface area (Å²) in [4.78, 5) is 14.7. The summed E-state index contributed by atoms with van der Waals surface area (Å²) in [6, 6.07) is 10.5. The molecule has 2 aromatic rings. The predicted molar refractivity (Wildman–Crippen MR) is 98.0 cm³/mol. The molecular weight excluding hydrogens is 314 g/mol. The van der Waals surface area contributed by atoms with Gasteiger partial charge in [-0.1, -0.05) is 30.3 Å². The van der Waals surface area contributed by atoms with Crippen molar-refractivity contribution in [1.29, 1.82) is 0 Å². The number of nitrogens with one attached hydrogen (secondary N) is 2. The van der Waals surface area contributed by atoms with Gasteiger partial charge in [-0.3, -0.25) is 9.58 Å². The molecule has 134 valence electrons. The van der Waals surface area contributed by atoms with E-state index in [1.807, 2.05) is 26.2 Å². The van der Waals surface area contributed by atoms with Crippen LogP contribution in [-0.4, -0.2) is 39.8 Å². The number of amides is 2. The first kappa shape index (κ1) is 17.5. The van der Waals surface area contributed by atoms with E-state index >= 15 is 0 Å². The fraction of sp³-hybridized carbons (Fsp3) is 0.474. The number of nitrogens with zero attached hydrogens (tertiary/aromatic N) is 3. The number of hydrogen-bond acceptors (Lipinski definition) is 3. The molecule has 0 aliphatic carbocycles. The maximum absolute atomic E-state index is 12.3. The summed E-state index contributed by atoms with van der Waals surface area (Å²) in [5, 5.41) is 10.3. The molecule has 2 N–H and O–H groups in total. The molecule has 0 unspecified atom stereocenters. The molecule has 1 aromatic heterocycles. The number of rotatable bonds is 5. The van der Waals surface area contributed by atoms with Gasteiger partial charge < -0.3 is 10.6 Å². The van der Waals surface area contributed by atoms with Gasteiger partial charge in [-0.25, -0.2) is 4.79 Å². The number of carbonyl (C=O) groups excluding carboxylic acids is 1. The molecule has 0 spiro atoms. The molecule has 0 bridgehead atoms. The number of aryl methyl sites for hydroxylation is 1. The number of benzene rings is 1. The maximum Gasteiger partial charge on any atom is 0.315 e. The largest absolute Gasteiger partial charge is 0.334 e. The van der Waals surface area contributed by atoms with E-state index in [0.717, 1.165) is 38.0 Å². The second-order valence-electron chi connectivity index (χ2n) is 6.85. The summed E-state index contributed by atoms with van der Waals surface area (Å²) >= 11 is 0. The second-order valence-corrected chi connectivity index (χ2v) is 6.85. The van der Waals surface area contributed by atoms with Crippen LogP contribution in [0, 0.1) is 0 Å². The van der Waals surface area contributed by atoms with E-state index in [1.165, 1.54) is 5.56 Å². The molecule has 1 fully saturated rings. The Morgan fingerprint density at radius 3 is 2.88 bits per heavy atom. The number of hydrogen-bond donors (Lipinski definition) is 2. The zero-order chi connectivity index (χ0) is 17.6. The van der Waals surface area contributed by atoms with Gasteiger partial charge in [0.05, 0.1) is 12.2 Å². The highest BCUT2D eigenvalue weighted by atomic mass is 16.2. The normalized spacial score (nSPS) is 19.4. The van der Waals surface area contributed by atoms with Gasteiger partial charge >= 0.3 is 6.03 Å². The van der Waals surface area contributed by atoms with E-state index in [2.05, 4.69) is 44.9 Å². The molecule has 6 heteroatoms. The Balaban J connectivity index is 1.47. The minimum absolute atomic E-state index is 0.0577. The van der Waals surface area contributed by atoms with Crippen LogP contribution in [0.2, 0.25) is 0 Å². The van der Waals surface area contributed by atoms with Crippen LogP contribution >= 0.6 is 0 Å². The third-order valence-corrected chi connectivity index (χ3v) is 4.66. The minimum Gasteiger partial charge on any atom is -0.334 e. The molecule has 25 heavy (non-hydrogen) atoms. The first-order valence-corrected chi connectivity index (χ1v) is 8.92. The zero-order valence-electron chi connectivity index (χ0n) is 15.0. The Morgan fingerprint density at radius 2 is 2.16 bits per heavy atom. The topological polar surface area (TPSA) is 62.2 Å². The summed E-state index contributed by atoms with van der Waals surface area (Å²) in [6.45, 7) is 4.89. The lowest BCUT2D eigenvalue weighted by molar-refractivity contribution is 0.179. The van der Waals surface area contributed by atoms with E-state index < -0.39 is 0 Å². The smallest absolute Gasteiger partial charge is 0.315 e. The van der Waals surface area contributed by atoms with Gasteiger partial charge in [0.25, 0.3) is 0 Å². The SMILES string of the molecule is C[C@H](NC(=O)N[C@H]1CCCN(Cc2ccccc2)C1)c1cnn(C)c1. The highest BCUT2D eigenvalue weighted by Gasteiger charge is 2.22. The standard InChI is InChI=1S/C19H27N5O/c1-15(17-11-20-23(2)13-17)21-19(25)22-18-9-6-10-24(14-18)12-16-7-4-3-5-8-16/h3-5,7-8,11,13,15,18H,6,9-10,12,14H2,1-2H3,(H2,21,22,25)/t15-,18-/m0/s1. The summed E-state index contributed by atoms with van der Waals surface area (Å²) in [7, 11) is 1.87. The van der Waals surface area contributed by atoms with Crippen molar-refractivity contribution >= 4 is 6.03 Å². The Morgan fingerprint density at radius 1 is 1.36 bits per heavy atom. The highest BCUT2D eigenvalue weighted by Crippen LogP contribution is 2.14. The van der Waals surface area contributed by atoms with Crippen LogP contribution in [0.25, 0.3) is 0 Å². The molecule has 2 amide bonds. The van der Waals surface area contributed by atoms with Crippen LogP contribution in [0.1, 0.15) is 36.9 Å². The molecule has 2 atom stereocenters. The Hall–Kier alpha value is -2.34. The number of aromatic nitrogens is 2. The molecule has 0 radical (unpaired) electrons. The summed E-state index contributed by atoms with van der Waals surface area (Å²) in [5.74, 6) is 0. The van der Waals surface area contributed by atoms with E-state index in [4.69, 9.17) is 0 Å². The van der Waals surface area contributed by atoms with Gasteiger partial charge in [-0.2, -0.15) is 5.10 Å². The van der Waals surface area contributed by atoms with E-state index in [9.17, 15) is 4.79 Å². The van der Waals surface area contributed by atoms with Crippen LogP contribution in [0.5, 0.6) is 0 Å². The predicted octanol–water partition coefficient (Wildman–Crippen LogP) is 2.44. The second kappa shape index (κ2) is 8.16. The lowest BCUT2D eigenvalue weighted by Gasteiger charge is -2.33. The molecule has 6 nitrogen and oxygen atoms in total. The molecule has 2 heterocycles. The highest BCUT2D eigenvalue weighted by molar-refractivity contribution is 5.74. The number of likely N-dealkylation sites (tertiary alicyclic amines) is 1. The Labute approximate surface area is 149 Å². The molecule has 3 rings (SSSR count). The zero-order valence-corrected chi connectivity index (χ0v) is 15.0. The molecule has 1 aromatic carbocycles. The summed E-state index contributed by atoms with van der Waals surface area (Å²) in [5.41, 5.74) is 2.32. The van der Waals surface area contributed by atoms with Crippen LogP contribution in [0.4, 0.5) is 4.79 Å². The van der Waals surface area contributed by atoms with Crippen molar-refractivity contribution in [2.24, 2.45) is 7.05 Å². The van der Waals surface area contributed by atoms with Crippen LogP contribution in [0.15, 0.2) is 42.7 Å². The molecular formula is C19H27N5O. The summed E-state index contributed by atoms with van der Waals surface area (Å²) in [6.07, 6.45) is 5.84. The van der Waals surface area contributed by atoms with Crippen molar-refractivity contribution in [2.75, 3.05) is 13.1 Å². The third kappa shape index (κ3) is 5.06. The van der Waals surface area contributed by atoms with Gasteiger partial charge in [-0.05, 0) is 31.9 Å². The quantitative estimate of drug-likeness (QED) is 0.878. The molecule has 1 saturated heterocycles. The first-order chi connectivity index (χ1) is 12.1. The van der Waals surface area contributed by atoms with Gasteiger partial charge in [-0.15, -0.1) is 0 Å². The van der Waals surface area contributed by atoms with Crippen molar-refractivity contribution in [3.05, 3.63) is 53.9 Å². The number of urea groups is 1. The lowest BCUT2D eigenvalue weighted by Crippen LogP contribution is -2.50. The number of carbonyl (C=O) groups is 1. The van der Waals surface area contributed by atoms with Crippen molar-refractivity contribution in [2.45, 2.75) is 38.4 Å². The van der Waals surface area contributed by atoms with Crippen LogP contribution in [0.3, 0.4) is 0 Å². The van der Waals surface area contributed by atoms with Crippen molar-refractivity contribution in [3.8, 4) is 0 Å². The van der Waals surface area contributed by atoms with E-state index in [-0.39, 0.29) is 18.1 Å². The van der Waals surface area contributed by atoms with E-state index in [1.54, 1.807) is 10.9 Å². The van der Waals surface area contributed by atoms with E-state index in [0.29, 0.717) is 0 Å². The van der Waals surface area contributed by atoms with Gasteiger partial charge in [0.2, 0.25) is 0 Å². The van der Waals surface area contributed by atoms with Crippen molar-refractivity contribution in [1.82, 2.24) is 25.3 Å². The van der Waals surface area contributed by atoms with Crippen LogP contribution in [-0.2, 0) is 13.6 Å². The summed E-state index contributed by atoms with van der Waals surface area (Å²) < 4.78 is 1.74. The fourth-order valence-corrected chi connectivity index (χ4v) is 3.33. The fourth-order valence-electron chi connectivity index (χ4n) is 3.33.